The van der Waals surface area contributed by atoms with Gasteiger partial charge in [-0.1, -0.05) is 18.2 Å². The molecule has 0 saturated heterocycles. The van der Waals surface area contributed by atoms with Gasteiger partial charge >= 0.3 is 11.9 Å². The number of nitrogens with two attached hydrogens (primary N) is 1. The maximum absolute atomic E-state index is 12.3. The number of carboxylic acids is 1. The van der Waals surface area contributed by atoms with Gasteiger partial charge in [0.1, 0.15) is 23.8 Å². The monoisotopic (exact) mass is 431 g/mol. The van der Waals surface area contributed by atoms with Crippen LogP contribution < -0.4 is 15.8 Å². The molecule has 3 rings (SSSR count). The highest BCUT2D eigenvalue weighted by molar-refractivity contribution is 5.99. The lowest BCUT2D eigenvalue weighted by Crippen LogP contribution is -2.24. The van der Waals surface area contributed by atoms with Crippen molar-refractivity contribution in [2.45, 2.75) is 13.0 Å². The van der Waals surface area contributed by atoms with E-state index in [1.165, 1.54) is 12.1 Å². The number of halogens is 1. The molecule has 2 aromatic carbocycles. The Balaban J connectivity index is 0.00000320. The molecule has 1 aromatic heterocycles. The highest BCUT2D eigenvalue weighted by atomic mass is 35.5. The van der Waals surface area contributed by atoms with E-state index in [2.05, 4.69) is 5.32 Å². The van der Waals surface area contributed by atoms with Crippen LogP contribution in [-0.4, -0.2) is 28.8 Å². The predicted molar refractivity (Wildman–Crippen MR) is 110 cm³/mol. The van der Waals surface area contributed by atoms with E-state index in [0.29, 0.717) is 11.3 Å². The number of nitrogen functional groups attached to an aromatic ring is 1. The lowest BCUT2D eigenvalue weighted by molar-refractivity contribution is -0.140. The summed E-state index contributed by atoms with van der Waals surface area (Å²) < 4.78 is 10.6. The molecular formula is C20H18ClN3O6. The van der Waals surface area contributed by atoms with Crippen LogP contribution in [-0.2, 0) is 16.1 Å². The number of hydrogen-bond donors (Lipinski definition) is 4. The summed E-state index contributed by atoms with van der Waals surface area (Å²) in [4.78, 5) is 34.1. The maximum atomic E-state index is 12.3. The second-order valence-corrected chi connectivity index (χ2v) is 6.14. The summed E-state index contributed by atoms with van der Waals surface area (Å²) in [5.41, 5.74) is 6.08. The molecule has 9 nitrogen and oxygen atoms in total. The van der Waals surface area contributed by atoms with Crippen LogP contribution in [0.4, 0.5) is 0 Å². The number of hydrogen-bond acceptors (Lipinski definition) is 6. The summed E-state index contributed by atoms with van der Waals surface area (Å²) in [6, 6.07) is 13.2. The Bertz CT molecular complexity index is 1120. The fourth-order valence-electron chi connectivity index (χ4n) is 2.58. The molecule has 0 spiro atoms. The van der Waals surface area contributed by atoms with E-state index in [4.69, 9.17) is 25.4 Å². The number of esters is 1. The number of fused-ring (bicyclic) bond motifs is 1. The van der Waals surface area contributed by atoms with Crippen molar-refractivity contribution in [3.8, 4) is 5.75 Å². The van der Waals surface area contributed by atoms with E-state index in [-0.39, 0.29) is 36.3 Å². The molecule has 0 atom stereocenters. The maximum Gasteiger partial charge on any atom is 0.379 e. The van der Waals surface area contributed by atoms with Gasteiger partial charge in [-0.25, -0.2) is 4.79 Å². The Labute approximate surface area is 176 Å². The normalized spacial score (nSPS) is 10.1. The third kappa shape index (κ3) is 5.58. The standard InChI is InChI=1S/C20H17N3O6.ClH/c21-19(22)13-2-1-12-8-14(4-3-11(12)7-13)29-20(27)16-6-5-15(28-16)10-23-17(24)9-18(25)26;/h1-8H,9-10H2,(H3,21,22)(H,23,24)(H,25,26);1H. The number of ether oxygens (including phenoxy) is 1. The van der Waals surface area contributed by atoms with Crippen molar-refractivity contribution in [2.24, 2.45) is 5.73 Å². The van der Waals surface area contributed by atoms with Gasteiger partial charge in [-0.05, 0) is 41.1 Å². The molecule has 0 bridgehead atoms. The summed E-state index contributed by atoms with van der Waals surface area (Å²) in [5.74, 6) is -2.11. The van der Waals surface area contributed by atoms with Gasteiger partial charge in [0, 0.05) is 5.56 Å². The van der Waals surface area contributed by atoms with E-state index in [0.717, 1.165) is 10.8 Å². The minimum atomic E-state index is -1.24. The van der Waals surface area contributed by atoms with Gasteiger partial charge in [0.05, 0.1) is 6.54 Å². The van der Waals surface area contributed by atoms with E-state index in [1.54, 1.807) is 36.4 Å². The fourth-order valence-corrected chi connectivity index (χ4v) is 2.58. The highest BCUT2D eigenvalue weighted by Crippen LogP contribution is 2.23. The molecule has 30 heavy (non-hydrogen) atoms. The van der Waals surface area contributed by atoms with Crippen molar-refractivity contribution in [3.05, 3.63) is 65.6 Å². The summed E-state index contributed by atoms with van der Waals surface area (Å²) in [6.45, 7) is -0.0478. The van der Waals surface area contributed by atoms with Gasteiger partial charge in [-0.15, -0.1) is 12.4 Å². The van der Waals surface area contributed by atoms with Crippen LogP contribution in [0.5, 0.6) is 5.75 Å². The molecule has 5 N–H and O–H groups in total. The minimum absolute atomic E-state index is 0. The zero-order valence-corrected chi connectivity index (χ0v) is 16.3. The van der Waals surface area contributed by atoms with Crippen molar-refractivity contribution in [1.29, 1.82) is 5.41 Å². The zero-order chi connectivity index (χ0) is 21.0. The molecular weight excluding hydrogens is 414 g/mol. The average Bonchev–Trinajstić information content (AvgIpc) is 3.14. The first-order chi connectivity index (χ1) is 13.8. The summed E-state index contributed by atoms with van der Waals surface area (Å²) in [5, 5.41) is 20.0. The SMILES string of the molecule is Cl.N=C(N)c1ccc2cc(OC(=O)c3ccc(CNC(=O)CC(=O)O)o3)ccc2c1. The Hall–Kier alpha value is -3.85. The van der Waals surface area contributed by atoms with Crippen LogP contribution in [0.25, 0.3) is 10.8 Å². The zero-order valence-electron chi connectivity index (χ0n) is 15.5. The van der Waals surface area contributed by atoms with Crippen LogP contribution in [0.3, 0.4) is 0 Å². The van der Waals surface area contributed by atoms with Gasteiger partial charge < -0.3 is 25.3 Å². The molecule has 3 aromatic rings. The molecule has 0 fully saturated rings. The molecule has 1 amide bonds. The molecule has 0 saturated carbocycles. The number of benzene rings is 2. The van der Waals surface area contributed by atoms with Crippen LogP contribution in [0.15, 0.2) is 52.9 Å². The van der Waals surface area contributed by atoms with Crippen LogP contribution >= 0.6 is 12.4 Å². The number of carbonyl (C=O) groups is 3. The summed E-state index contributed by atoms with van der Waals surface area (Å²) in [6.07, 6.45) is -0.647. The van der Waals surface area contributed by atoms with Crippen molar-refractivity contribution in [3.63, 3.8) is 0 Å². The van der Waals surface area contributed by atoms with Crippen LogP contribution in [0, 0.1) is 5.41 Å². The first kappa shape index (κ1) is 22.4. The molecule has 10 heteroatoms. The van der Waals surface area contributed by atoms with E-state index in [9.17, 15) is 14.4 Å². The number of carboxylic acid groups (broad SMARTS) is 1. The number of amidine groups is 1. The van der Waals surface area contributed by atoms with E-state index in [1.807, 2.05) is 0 Å². The Morgan fingerprint density at radius 2 is 1.77 bits per heavy atom. The van der Waals surface area contributed by atoms with Gasteiger partial charge in [-0.3, -0.25) is 15.0 Å². The van der Waals surface area contributed by atoms with Crippen LogP contribution in [0.1, 0.15) is 28.3 Å². The smallest absolute Gasteiger partial charge is 0.379 e. The lowest BCUT2D eigenvalue weighted by atomic mass is 10.1. The van der Waals surface area contributed by atoms with Gasteiger partial charge in [0.2, 0.25) is 11.7 Å². The third-order valence-electron chi connectivity index (χ3n) is 3.97. The Morgan fingerprint density at radius 1 is 1.07 bits per heavy atom. The predicted octanol–water partition coefficient (Wildman–Crippen LogP) is 2.45. The van der Waals surface area contributed by atoms with Gasteiger partial charge in [0.25, 0.3) is 0 Å². The number of amides is 1. The number of aliphatic carboxylic acids is 1. The number of carbonyl (C=O) groups excluding carboxylic acids is 2. The van der Waals surface area contributed by atoms with Crippen molar-refractivity contribution in [1.82, 2.24) is 5.32 Å². The first-order valence-corrected chi connectivity index (χ1v) is 8.49. The molecule has 0 aliphatic carbocycles. The summed E-state index contributed by atoms with van der Waals surface area (Å²) in [7, 11) is 0. The lowest BCUT2D eigenvalue weighted by Gasteiger charge is -2.06. The number of furan rings is 1. The quantitative estimate of drug-likeness (QED) is 0.147. The Morgan fingerprint density at radius 3 is 2.47 bits per heavy atom. The molecule has 1 heterocycles. The second kappa shape index (κ2) is 9.57. The highest BCUT2D eigenvalue weighted by Gasteiger charge is 2.15. The van der Waals surface area contributed by atoms with Crippen molar-refractivity contribution >= 4 is 46.9 Å². The average molecular weight is 432 g/mol. The second-order valence-electron chi connectivity index (χ2n) is 6.14. The number of rotatable bonds is 7. The van der Waals surface area contributed by atoms with Crippen molar-refractivity contribution in [2.75, 3.05) is 0 Å². The molecule has 0 aliphatic heterocycles. The molecule has 156 valence electrons. The largest absolute Gasteiger partial charge is 0.481 e. The molecule has 0 aliphatic rings. The van der Waals surface area contributed by atoms with Crippen molar-refractivity contribution < 1.29 is 28.6 Å². The minimum Gasteiger partial charge on any atom is -0.481 e. The van der Waals surface area contributed by atoms with Crippen LogP contribution in [0.2, 0.25) is 0 Å². The number of nitrogens with one attached hydrogen (secondary N) is 2. The third-order valence-corrected chi connectivity index (χ3v) is 3.97. The molecule has 0 unspecified atom stereocenters. The topological polar surface area (TPSA) is 156 Å². The summed E-state index contributed by atoms with van der Waals surface area (Å²) >= 11 is 0. The fraction of sp³-hybridized carbons (Fsp3) is 0.100. The van der Waals surface area contributed by atoms with E-state index < -0.39 is 24.3 Å². The molecule has 0 radical (unpaired) electrons. The Kier molecular flexibility index (Phi) is 7.16. The first-order valence-electron chi connectivity index (χ1n) is 8.49. The van der Waals surface area contributed by atoms with Gasteiger partial charge in [0.15, 0.2) is 0 Å². The van der Waals surface area contributed by atoms with E-state index >= 15 is 0 Å². The van der Waals surface area contributed by atoms with Gasteiger partial charge in [-0.2, -0.15) is 0 Å².